The first kappa shape index (κ1) is 11.6. The average Bonchev–Trinajstić information content (AvgIpc) is 2.22. The molecule has 80 valence electrons. The molecule has 15 heavy (non-hydrogen) atoms. The van der Waals surface area contributed by atoms with Gasteiger partial charge in [0.1, 0.15) is 0 Å². The fraction of sp³-hybridized carbons (Fsp3) is 0.200. The van der Waals surface area contributed by atoms with Crippen LogP contribution in [0.2, 0.25) is 0 Å². The summed E-state index contributed by atoms with van der Waals surface area (Å²) in [6.45, 7) is 1.95. The number of benzene rings is 1. The van der Waals surface area contributed by atoms with Crippen molar-refractivity contribution in [3.05, 3.63) is 29.8 Å². The number of hydrogen-bond acceptors (Lipinski definition) is 3. The molecule has 0 radical (unpaired) electrons. The molecule has 1 rings (SSSR count). The lowest BCUT2D eigenvalue weighted by Crippen LogP contribution is -2.31. The van der Waals surface area contributed by atoms with Crippen molar-refractivity contribution >= 4 is 29.4 Å². The van der Waals surface area contributed by atoms with Crippen molar-refractivity contribution in [3.8, 4) is 0 Å². The van der Waals surface area contributed by atoms with Gasteiger partial charge < -0.3 is 5.32 Å². The summed E-state index contributed by atoms with van der Waals surface area (Å²) in [6.07, 6.45) is 1.68. The van der Waals surface area contributed by atoms with Gasteiger partial charge in [-0.3, -0.25) is 14.3 Å². The lowest BCUT2D eigenvalue weighted by atomic mass is 10.2. The molecule has 4 nitrogen and oxygen atoms in total. The van der Waals surface area contributed by atoms with Crippen molar-refractivity contribution in [2.45, 2.75) is 6.92 Å². The Hall–Kier alpha value is -1.49. The molecule has 1 aromatic rings. The lowest BCUT2D eigenvalue weighted by Gasteiger charge is -2.04. The molecule has 0 saturated heterocycles. The summed E-state index contributed by atoms with van der Waals surface area (Å²) < 4.78 is 2.34. The largest absolute Gasteiger partial charge is 0.319 e. The highest BCUT2D eigenvalue weighted by atomic mass is 32.2. The quantitative estimate of drug-likeness (QED) is 0.588. The van der Waals surface area contributed by atoms with Crippen LogP contribution in [-0.2, 0) is 9.59 Å². The molecule has 2 amide bonds. The molecule has 2 N–H and O–H groups in total. The van der Waals surface area contributed by atoms with Gasteiger partial charge in [-0.15, -0.1) is 0 Å². The lowest BCUT2D eigenvalue weighted by molar-refractivity contribution is -0.134. The maximum atomic E-state index is 11.3. The SMILES string of the molecule is CSNC(=O)C(=O)Nc1ccc(C)cc1. The van der Waals surface area contributed by atoms with E-state index in [2.05, 4.69) is 10.0 Å². The minimum Gasteiger partial charge on any atom is -0.318 e. The molecule has 0 unspecified atom stereocenters. The van der Waals surface area contributed by atoms with E-state index < -0.39 is 11.8 Å². The summed E-state index contributed by atoms with van der Waals surface area (Å²) >= 11 is 1.09. The molecule has 1 aromatic carbocycles. The van der Waals surface area contributed by atoms with Crippen LogP contribution in [0, 0.1) is 6.92 Å². The number of carbonyl (C=O) groups is 2. The van der Waals surface area contributed by atoms with Crippen LogP contribution in [0.3, 0.4) is 0 Å². The second kappa shape index (κ2) is 5.41. The van der Waals surface area contributed by atoms with Crippen LogP contribution in [0.4, 0.5) is 5.69 Å². The van der Waals surface area contributed by atoms with Gasteiger partial charge in [-0.1, -0.05) is 29.6 Å². The topological polar surface area (TPSA) is 58.2 Å². The van der Waals surface area contributed by atoms with Crippen LogP contribution in [0.1, 0.15) is 5.56 Å². The highest BCUT2D eigenvalue weighted by molar-refractivity contribution is 7.97. The molecular weight excluding hydrogens is 212 g/mol. The third-order valence-corrected chi connectivity index (χ3v) is 2.10. The monoisotopic (exact) mass is 224 g/mol. The van der Waals surface area contributed by atoms with Gasteiger partial charge in [-0.2, -0.15) is 0 Å². The van der Waals surface area contributed by atoms with Crippen molar-refractivity contribution in [2.24, 2.45) is 0 Å². The summed E-state index contributed by atoms with van der Waals surface area (Å²) in [5.41, 5.74) is 1.71. The Kier molecular flexibility index (Phi) is 4.17. The molecule has 0 fully saturated rings. The molecule has 0 spiro atoms. The average molecular weight is 224 g/mol. The maximum absolute atomic E-state index is 11.3. The number of aryl methyl sites for hydroxylation is 1. The first-order valence-electron chi connectivity index (χ1n) is 4.34. The Bertz CT molecular complexity index is 362. The summed E-state index contributed by atoms with van der Waals surface area (Å²) in [4.78, 5) is 22.3. The van der Waals surface area contributed by atoms with E-state index in [-0.39, 0.29) is 0 Å². The minimum atomic E-state index is -0.659. The maximum Gasteiger partial charge on any atom is 0.319 e. The Morgan fingerprint density at radius 2 is 1.73 bits per heavy atom. The Labute approximate surface area is 92.6 Å². The normalized spacial score (nSPS) is 9.47. The molecule has 0 saturated carbocycles. The number of nitrogens with one attached hydrogen (secondary N) is 2. The van der Waals surface area contributed by atoms with Crippen LogP contribution in [0.25, 0.3) is 0 Å². The van der Waals surface area contributed by atoms with Gasteiger partial charge in [0.05, 0.1) is 0 Å². The predicted octanol–water partition coefficient (Wildman–Crippen LogP) is 1.33. The van der Waals surface area contributed by atoms with Crippen molar-refractivity contribution in [2.75, 3.05) is 11.6 Å². The number of amides is 2. The van der Waals surface area contributed by atoms with Crippen molar-refractivity contribution in [1.29, 1.82) is 0 Å². The van der Waals surface area contributed by atoms with E-state index in [1.165, 1.54) is 0 Å². The highest BCUT2D eigenvalue weighted by Gasteiger charge is 2.12. The van der Waals surface area contributed by atoms with E-state index in [1.54, 1.807) is 18.4 Å². The van der Waals surface area contributed by atoms with E-state index in [9.17, 15) is 9.59 Å². The minimum absolute atomic E-state index is 0.613. The molecule has 0 aliphatic carbocycles. The third-order valence-electron chi connectivity index (χ3n) is 1.71. The van der Waals surface area contributed by atoms with Crippen molar-refractivity contribution in [1.82, 2.24) is 4.72 Å². The second-order valence-corrected chi connectivity index (χ2v) is 3.57. The fourth-order valence-corrected chi connectivity index (χ4v) is 1.24. The standard InChI is InChI=1S/C10H12N2O2S/c1-7-3-5-8(6-4-7)11-9(13)10(14)12-15-2/h3-6H,1-2H3,(H,11,13)(H,12,14). The number of hydrogen-bond donors (Lipinski definition) is 2. The zero-order valence-corrected chi connectivity index (χ0v) is 9.35. The van der Waals surface area contributed by atoms with Gasteiger partial charge in [-0.05, 0) is 19.1 Å². The van der Waals surface area contributed by atoms with Gasteiger partial charge in [0.15, 0.2) is 0 Å². The second-order valence-electron chi connectivity index (χ2n) is 2.96. The van der Waals surface area contributed by atoms with E-state index in [0.29, 0.717) is 5.69 Å². The molecule has 0 aliphatic rings. The first-order chi connectivity index (χ1) is 7.13. The van der Waals surface area contributed by atoms with E-state index in [0.717, 1.165) is 17.5 Å². The molecule has 0 heterocycles. The van der Waals surface area contributed by atoms with Gasteiger partial charge in [0.25, 0.3) is 0 Å². The molecule has 0 aliphatic heterocycles. The smallest absolute Gasteiger partial charge is 0.318 e. The van der Waals surface area contributed by atoms with Gasteiger partial charge >= 0.3 is 11.8 Å². The molecule has 0 bridgehead atoms. The zero-order valence-electron chi connectivity index (χ0n) is 8.53. The molecule has 0 atom stereocenters. The van der Waals surface area contributed by atoms with Gasteiger partial charge in [0, 0.05) is 11.9 Å². The molecular formula is C10H12N2O2S. The van der Waals surface area contributed by atoms with Crippen LogP contribution in [0.5, 0.6) is 0 Å². The van der Waals surface area contributed by atoms with Crippen LogP contribution in [0.15, 0.2) is 24.3 Å². The highest BCUT2D eigenvalue weighted by Crippen LogP contribution is 2.08. The summed E-state index contributed by atoms with van der Waals surface area (Å²) in [7, 11) is 0. The molecule has 5 heteroatoms. The zero-order chi connectivity index (χ0) is 11.3. The van der Waals surface area contributed by atoms with Crippen LogP contribution >= 0.6 is 11.9 Å². The summed E-state index contributed by atoms with van der Waals surface area (Å²) in [5.74, 6) is -1.31. The number of anilines is 1. The number of carbonyl (C=O) groups excluding carboxylic acids is 2. The first-order valence-corrected chi connectivity index (χ1v) is 5.57. The van der Waals surface area contributed by atoms with Crippen LogP contribution < -0.4 is 10.0 Å². The third kappa shape index (κ3) is 3.63. The van der Waals surface area contributed by atoms with E-state index in [4.69, 9.17) is 0 Å². The van der Waals surface area contributed by atoms with Gasteiger partial charge in [0.2, 0.25) is 0 Å². The summed E-state index contributed by atoms with van der Waals surface area (Å²) in [6, 6.07) is 7.23. The van der Waals surface area contributed by atoms with E-state index in [1.807, 2.05) is 19.1 Å². The molecule has 0 aromatic heterocycles. The predicted molar refractivity (Wildman–Crippen MR) is 61.5 cm³/mol. The fourth-order valence-electron chi connectivity index (χ4n) is 0.964. The summed E-state index contributed by atoms with van der Waals surface area (Å²) in [5, 5.41) is 2.49. The Morgan fingerprint density at radius 1 is 1.13 bits per heavy atom. The Morgan fingerprint density at radius 3 is 2.27 bits per heavy atom. The number of rotatable bonds is 2. The van der Waals surface area contributed by atoms with E-state index >= 15 is 0 Å². The van der Waals surface area contributed by atoms with Crippen molar-refractivity contribution < 1.29 is 9.59 Å². The van der Waals surface area contributed by atoms with Gasteiger partial charge in [-0.25, -0.2) is 0 Å². The van der Waals surface area contributed by atoms with Crippen LogP contribution in [-0.4, -0.2) is 18.1 Å². The van der Waals surface area contributed by atoms with Crippen molar-refractivity contribution in [3.63, 3.8) is 0 Å². The Balaban J connectivity index is 2.58.